The highest BCUT2D eigenvalue weighted by Crippen LogP contribution is 2.33. The number of anilines is 1. The molecule has 1 aliphatic heterocycles. The third-order valence-electron chi connectivity index (χ3n) is 5.09. The van der Waals surface area contributed by atoms with Gasteiger partial charge in [-0.2, -0.15) is 0 Å². The van der Waals surface area contributed by atoms with E-state index in [1.807, 2.05) is 62.4 Å². The molecule has 0 unspecified atom stereocenters. The van der Waals surface area contributed by atoms with Gasteiger partial charge in [0.1, 0.15) is 0 Å². The Labute approximate surface area is 169 Å². The molecule has 3 N–H and O–H groups in total. The zero-order chi connectivity index (χ0) is 20.4. The second-order valence-corrected chi connectivity index (χ2v) is 7.05. The molecule has 4 rings (SSSR count). The maximum atomic E-state index is 12.7. The van der Waals surface area contributed by atoms with Crippen molar-refractivity contribution in [1.82, 2.24) is 15.3 Å². The van der Waals surface area contributed by atoms with Crippen molar-refractivity contribution >= 4 is 29.2 Å². The lowest BCUT2D eigenvalue weighted by atomic mass is 10.0. The molecule has 0 aliphatic carbocycles. The monoisotopic (exact) mass is 386 g/mol. The maximum Gasteiger partial charge on any atom is 0.256 e. The van der Waals surface area contributed by atoms with E-state index in [4.69, 9.17) is 0 Å². The van der Waals surface area contributed by atoms with Crippen LogP contribution in [0.4, 0.5) is 5.69 Å². The number of hydrogen-bond acceptors (Lipinski definition) is 3. The Balaban J connectivity index is 1.54. The third-order valence-corrected chi connectivity index (χ3v) is 5.09. The summed E-state index contributed by atoms with van der Waals surface area (Å²) in [6.07, 6.45) is 4.23. The number of carbonyl (C=O) groups is 2. The molecule has 3 heterocycles. The van der Waals surface area contributed by atoms with Crippen LogP contribution in [-0.4, -0.2) is 28.3 Å². The van der Waals surface area contributed by atoms with Gasteiger partial charge in [-0.15, -0.1) is 0 Å². The number of aryl methyl sites for hydroxylation is 1. The van der Waals surface area contributed by atoms with Gasteiger partial charge >= 0.3 is 0 Å². The van der Waals surface area contributed by atoms with Gasteiger partial charge in [0.15, 0.2) is 0 Å². The summed E-state index contributed by atoms with van der Waals surface area (Å²) in [5.41, 5.74) is 6.17. The van der Waals surface area contributed by atoms with Gasteiger partial charge in [-0.05, 0) is 43.7 Å². The van der Waals surface area contributed by atoms with Crippen LogP contribution in [0.5, 0.6) is 0 Å². The fourth-order valence-electron chi connectivity index (χ4n) is 3.62. The standard InChI is InChI=1S/C23H22N4O2/c1-14-20(13-18-17-8-3-4-9-19(17)27-22(18)28)26-15(2)21(14)23(29)25-12-10-16-7-5-6-11-24-16/h3-9,11,13,26H,10,12H2,1-2H3,(H,25,29)(H,27,28). The lowest BCUT2D eigenvalue weighted by Gasteiger charge is -2.06. The van der Waals surface area contributed by atoms with Gasteiger partial charge < -0.3 is 15.6 Å². The molecule has 29 heavy (non-hydrogen) atoms. The summed E-state index contributed by atoms with van der Waals surface area (Å²) in [5, 5.41) is 5.83. The number of hydrogen-bond donors (Lipinski definition) is 3. The number of nitrogens with one attached hydrogen (secondary N) is 3. The van der Waals surface area contributed by atoms with Crippen molar-refractivity contribution in [3.05, 3.63) is 82.4 Å². The Bertz CT molecular complexity index is 1110. The third kappa shape index (κ3) is 3.69. The molecular weight excluding hydrogens is 364 g/mol. The van der Waals surface area contributed by atoms with E-state index in [2.05, 4.69) is 20.6 Å². The highest BCUT2D eigenvalue weighted by molar-refractivity contribution is 6.34. The molecule has 0 saturated heterocycles. The van der Waals surface area contributed by atoms with Crippen molar-refractivity contribution in [3.8, 4) is 0 Å². The van der Waals surface area contributed by atoms with Crippen molar-refractivity contribution in [2.45, 2.75) is 20.3 Å². The van der Waals surface area contributed by atoms with Crippen LogP contribution < -0.4 is 10.6 Å². The summed E-state index contributed by atoms with van der Waals surface area (Å²) in [7, 11) is 0. The molecule has 2 aromatic heterocycles. The van der Waals surface area contributed by atoms with Crippen molar-refractivity contribution in [3.63, 3.8) is 0 Å². The summed E-state index contributed by atoms with van der Waals surface area (Å²) in [5.74, 6) is -0.271. The van der Waals surface area contributed by atoms with Gasteiger partial charge in [-0.1, -0.05) is 24.3 Å². The summed E-state index contributed by atoms with van der Waals surface area (Å²) >= 11 is 0. The summed E-state index contributed by atoms with van der Waals surface area (Å²) in [4.78, 5) is 32.6. The van der Waals surface area contributed by atoms with E-state index in [0.29, 0.717) is 24.1 Å². The van der Waals surface area contributed by atoms with Crippen LogP contribution >= 0.6 is 0 Å². The van der Waals surface area contributed by atoms with E-state index >= 15 is 0 Å². The second kappa shape index (κ2) is 7.75. The molecule has 2 amide bonds. The molecule has 0 spiro atoms. The van der Waals surface area contributed by atoms with Crippen LogP contribution in [0, 0.1) is 13.8 Å². The fraction of sp³-hybridized carbons (Fsp3) is 0.174. The molecule has 0 atom stereocenters. The number of aromatic nitrogens is 2. The van der Waals surface area contributed by atoms with Gasteiger partial charge in [0.25, 0.3) is 11.8 Å². The molecule has 3 aromatic rings. The van der Waals surface area contributed by atoms with Gasteiger partial charge in [0.2, 0.25) is 0 Å². The summed E-state index contributed by atoms with van der Waals surface area (Å²) < 4.78 is 0. The van der Waals surface area contributed by atoms with E-state index in [1.54, 1.807) is 6.20 Å². The first-order chi connectivity index (χ1) is 14.0. The van der Waals surface area contributed by atoms with E-state index in [-0.39, 0.29) is 11.8 Å². The highest BCUT2D eigenvalue weighted by Gasteiger charge is 2.25. The number of nitrogens with zero attached hydrogens (tertiary/aromatic N) is 1. The highest BCUT2D eigenvalue weighted by atomic mass is 16.2. The topological polar surface area (TPSA) is 86.9 Å². The number of amides is 2. The van der Waals surface area contributed by atoms with E-state index in [1.165, 1.54) is 0 Å². The predicted octanol–water partition coefficient (Wildman–Crippen LogP) is 3.49. The minimum absolute atomic E-state index is 0.131. The number of fused-ring (bicyclic) bond motifs is 1. The quantitative estimate of drug-likeness (QED) is 0.587. The number of benzene rings is 1. The van der Waals surface area contributed by atoms with Crippen molar-refractivity contribution in [2.24, 2.45) is 0 Å². The van der Waals surface area contributed by atoms with Crippen LogP contribution in [0.2, 0.25) is 0 Å². The van der Waals surface area contributed by atoms with E-state index < -0.39 is 0 Å². The van der Waals surface area contributed by atoms with Crippen LogP contribution in [0.15, 0.2) is 48.7 Å². The summed E-state index contributed by atoms with van der Waals surface area (Å²) in [6, 6.07) is 13.3. The van der Waals surface area contributed by atoms with E-state index in [0.717, 1.165) is 33.9 Å². The Hall–Kier alpha value is -3.67. The first-order valence-corrected chi connectivity index (χ1v) is 9.54. The SMILES string of the molecule is Cc1[nH]c(C=C2C(=O)Nc3ccccc32)c(C)c1C(=O)NCCc1ccccn1. The van der Waals surface area contributed by atoms with Crippen LogP contribution in [0.3, 0.4) is 0 Å². The average Bonchev–Trinajstić information content (AvgIpc) is 3.18. The smallest absolute Gasteiger partial charge is 0.256 e. The average molecular weight is 386 g/mol. The van der Waals surface area contributed by atoms with Crippen molar-refractivity contribution in [1.29, 1.82) is 0 Å². The van der Waals surface area contributed by atoms with Gasteiger partial charge in [0.05, 0.1) is 11.1 Å². The lowest BCUT2D eigenvalue weighted by Crippen LogP contribution is -2.26. The normalized spacial score (nSPS) is 14.0. The van der Waals surface area contributed by atoms with Crippen molar-refractivity contribution in [2.75, 3.05) is 11.9 Å². The first-order valence-electron chi connectivity index (χ1n) is 9.54. The maximum absolute atomic E-state index is 12.7. The number of H-pyrrole nitrogens is 1. The largest absolute Gasteiger partial charge is 0.358 e. The first kappa shape index (κ1) is 18.7. The molecule has 1 aliphatic rings. The molecular formula is C23H22N4O2. The fourth-order valence-corrected chi connectivity index (χ4v) is 3.62. The molecule has 6 nitrogen and oxygen atoms in total. The lowest BCUT2D eigenvalue weighted by molar-refractivity contribution is -0.110. The number of rotatable bonds is 5. The second-order valence-electron chi connectivity index (χ2n) is 7.05. The molecule has 1 aromatic carbocycles. The van der Waals surface area contributed by atoms with Crippen LogP contribution in [0.1, 0.15) is 38.6 Å². The van der Waals surface area contributed by atoms with E-state index in [9.17, 15) is 9.59 Å². The Morgan fingerprint density at radius 2 is 1.93 bits per heavy atom. The molecule has 0 saturated carbocycles. The molecule has 6 heteroatoms. The predicted molar refractivity (Wildman–Crippen MR) is 113 cm³/mol. The van der Waals surface area contributed by atoms with Crippen molar-refractivity contribution < 1.29 is 9.59 Å². The number of pyridine rings is 1. The Kier molecular flexibility index (Phi) is 4.99. The Morgan fingerprint density at radius 3 is 2.72 bits per heavy atom. The number of aromatic amines is 1. The van der Waals surface area contributed by atoms with Crippen LogP contribution in [-0.2, 0) is 11.2 Å². The molecule has 146 valence electrons. The van der Waals surface area contributed by atoms with Gasteiger partial charge in [-0.25, -0.2) is 0 Å². The van der Waals surface area contributed by atoms with Gasteiger partial charge in [-0.3, -0.25) is 14.6 Å². The number of carbonyl (C=O) groups excluding carboxylic acids is 2. The minimum atomic E-state index is -0.140. The van der Waals surface area contributed by atoms with Crippen LogP contribution in [0.25, 0.3) is 11.6 Å². The number of para-hydroxylation sites is 1. The van der Waals surface area contributed by atoms with Gasteiger partial charge in [0, 0.05) is 47.5 Å². The zero-order valence-electron chi connectivity index (χ0n) is 16.4. The minimum Gasteiger partial charge on any atom is -0.358 e. The summed E-state index contributed by atoms with van der Waals surface area (Å²) in [6.45, 7) is 4.26. The Morgan fingerprint density at radius 1 is 1.14 bits per heavy atom. The molecule has 0 radical (unpaired) electrons. The molecule has 0 bridgehead atoms. The molecule has 0 fully saturated rings. The zero-order valence-corrected chi connectivity index (χ0v) is 16.4.